The van der Waals surface area contributed by atoms with Crippen molar-refractivity contribution in [3.05, 3.63) is 70.3 Å². The van der Waals surface area contributed by atoms with Crippen LogP contribution in [0.2, 0.25) is 0 Å². The van der Waals surface area contributed by atoms with E-state index in [1.165, 1.54) is 12.1 Å². The number of hydrogen-bond acceptors (Lipinski definition) is 5. The molecule has 118 valence electrons. The van der Waals surface area contributed by atoms with E-state index in [-0.39, 0.29) is 22.8 Å². The van der Waals surface area contributed by atoms with Crippen LogP contribution in [0.1, 0.15) is 5.56 Å². The molecule has 0 amide bonds. The molecule has 0 atom stereocenters. The van der Waals surface area contributed by atoms with Gasteiger partial charge >= 0.3 is 5.63 Å². The zero-order valence-electron chi connectivity index (χ0n) is 12.6. The second kappa shape index (κ2) is 5.42. The molecule has 0 N–H and O–H groups in total. The fourth-order valence-corrected chi connectivity index (χ4v) is 2.48. The highest BCUT2D eigenvalue weighted by molar-refractivity contribution is 5.81. The van der Waals surface area contributed by atoms with Gasteiger partial charge in [0.15, 0.2) is 0 Å². The standard InChI is InChI=1S/C18H11FN2O3/c1-10-6-7-15-11(8-10)9-13(18(22)23-15)17-20-16(21-24-17)12-4-2-3-5-14(12)19/h2-9H,1H3. The first-order valence-corrected chi connectivity index (χ1v) is 7.25. The lowest BCUT2D eigenvalue weighted by molar-refractivity contribution is 0.429. The minimum Gasteiger partial charge on any atom is -0.422 e. The van der Waals surface area contributed by atoms with Crippen LogP contribution in [0, 0.1) is 12.7 Å². The van der Waals surface area contributed by atoms with Gasteiger partial charge in [-0.25, -0.2) is 9.18 Å². The van der Waals surface area contributed by atoms with Crippen molar-refractivity contribution in [2.45, 2.75) is 6.92 Å². The van der Waals surface area contributed by atoms with Crippen LogP contribution in [0.15, 0.2) is 62.3 Å². The largest absolute Gasteiger partial charge is 0.422 e. The SMILES string of the molecule is Cc1ccc2oc(=O)c(-c3nc(-c4ccccc4F)no3)cc2c1. The van der Waals surface area contributed by atoms with E-state index in [2.05, 4.69) is 10.1 Å². The third kappa shape index (κ3) is 2.38. The number of aromatic nitrogens is 2. The molecule has 5 nitrogen and oxygen atoms in total. The van der Waals surface area contributed by atoms with Crippen molar-refractivity contribution in [3.63, 3.8) is 0 Å². The fourth-order valence-electron chi connectivity index (χ4n) is 2.48. The molecule has 4 aromatic rings. The Hall–Kier alpha value is -3.28. The monoisotopic (exact) mass is 322 g/mol. The smallest absolute Gasteiger partial charge is 0.349 e. The molecule has 0 aliphatic rings. The topological polar surface area (TPSA) is 69.1 Å². The third-order valence-corrected chi connectivity index (χ3v) is 3.66. The Balaban J connectivity index is 1.85. The van der Waals surface area contributed by atoms with Crippen molar-refractivity contribution in [1.82, 2.24) is 10.1 Å². The van der Waals surface area contributed by atoms with Gasteiger partial charge in [-0.2, -0.15) is 4.98 Å². The summed E-state index contributed by atoms with van der Waals surface area (Å²) in [7, 11) is 0. The van der Waals surface area contributed by atoms with Crippen LogP contribution >= 0.6 is 0 Å². The predicted octanol–water partition coefficient (Wildman–Crippen LogP) is 3.96. The van der Waals surface area contributed by atoms with Crippen LogP contribution in [0.5, 0.6) is 0 Å². The second-order valence-electron chi connectivity index (χ2n) is 5.39. The maximum absolute atomic E-state index is 13.8. The Labute approximate surface area is 135 Å². The minimum atomic E-state index is -0.588. The number of nitrogens with zero attached hydrogens (tertiary/aromatic N) is 2. The van der Waals surface area contributed by atoms with Gasteiger partial charge in [0, 0.05) is 5.39 Å². The van der Waals surface area contributed by atoms with Gasteiger partial charge in [-0.1, -0.05) is 28.9 Å². The highest BCUT2D eigenvalue weighted by atomic mass is 19.1. The van der Waals surface area contributed by atoms with Crippen molar-refractivity contribution in [2.24, 2.45) is 0 Å². The number of rotatable bonds is 2. The lowest BCUT2D eigenvalue weighted by atomic mass is 10.1. The van der Waals surface area contributed by atoms with Crippen LogP contribution in [0.4, 0.5) is 4.39 Å². The Kier molecular flexibility index (Phi) is 3.23. The predicted molar refractivity (Wildman–Crippen MR) is 85.9 cm³/mol. The maximum Gasteiger partial charge on any atom is 0.349 e. The molecule has 0 unspecified atom stereocenters. The summed E-state index contributed by atoms with van der Waals surface area (Å²) in [5, 5.41) is 4.50. The molecule has 2 aromatic heterocycles. The van der Waals surface area contributed by atoms with E-state index >= 15 is 0 Å². The van der Waals surface area contributed by atoms with Crippen molar-refractivity contribution < 1.29 is 13.3 Å². The molecule has 6 heteroatoms. The molecule has 0 saturated heterocycles. The Bertz CT molecular complexity index is 1110. The summed E-state index contributed by atoms with van der Waals surface area (Å²) in [5.74, 6) is -0.400. The first-order chi connectivity index (χ1) is 11.6. The normalized spacial score (nSPS) is 11.1. The lowest BCUT2D eigenvalue weighted by Crippen LogP contribution is -2.03. The number of aryl methyl sites for hydroxylation is 1. The van der Waals surface area contributed by atoms with Crippen LogP contribution in [-0.2, 0) is 0 Å². The summed E-state index contributed by atoms with van der Waals surface area (Å²) in [6.07, 6.45) is 0. The molecule has 0 radical (unpaired) electrons. The van der Waals surface area contributed by atoms with E-state index in [0.29, 0.717) is 5.58 Å². The highest BCUT2D eigenvalue weighted by Gasteiger charge is 2.17. The molecule has 0 aliphatic heterocycles. The molecule has 24 heavy (non-hydrogen) atoms. The molecule has 2 heterocycles. The van der Waals surface area contributed by atoms with Crippen LogP contribution in [0.3, 0.4) is 0 Å². The van der Waals surface area contributed by atoms with Crippen LogP contribution < -0.4 is 5.63 Å². The van der Waals surface area contributed by atoms with Crippen molar-refractivity contribution in [2.75, 3.05) is 0 Å². The van der Waals surface area contributed by atoms with Crippen LogP contribution in [0.25, 0.3) is 33.8 Å². The van der Waals surface area contributed by atoms with Crippen molar-refractivity contribution in [3.8, 4) is 22.8 Å². The molecule has 4 rings (SSSR count). The van der Waals surface area contributed by atoms with Gasteiger partial charge in [0.1, 0.15) is 17.0 Å². The zero-order valence-corrected chi connectivity index (χ0v) is 12.6. The lowest BCUT2D eigenvalue weighted by Gasteiger charge is -1.99. The molecule has 0 fully saturated rings. The molecule has 0 spiro atoms. The zero-order chi connectivity index (χ0) is 16.7. The van der Waals surface area contributed by atoms with Crippen molar-refractivity contribution in [1.29, 1.82) is 0 Å². The summed E-state index contributed by atoms with van der Waals surface area (Å²) in [4.78, 5) is 16.3. The molecule has 2 aromatic carbocycles. The summed E-state index contributed by atoms with van der Waals surface area (Å²) >= 11 is 0. The van der Waals surface area contributed by atoms with Gasteiger partial charge in [0.2, 0.25) is 5.82 Å². The molecule has 0 bridgehead atoms. The average Bonchev–Trinajstić information content (AvgIpc) is 3.04. The van der Waals surface area contributed by atoms with Crippen LogP contribution in [-0.4, -0.2) is 10.1 Å². The number of halogens is 1. The fraction of sp³-hybridized carbons (Fsp3) is 0.0556. The van der Waals surface area contributed by atoms with Crippen molar-refractivity contribution >= 4 is 11.0 Å². The van der Waals surface area contributed by atoms with E-state index in [9.17, 15) is 9.18 Å². The molecule has 0 aliphatic carbocycles. The Morgan fingerprint density at radius 2 is 1.88 bits per heavy atom. The first-order valence-electron chi connectivity index (χ1n) is 7.25. The number of hydrogen-bond donors (Lipinski definition) is 0. The average molecular weight is 322 g/mol. The first kappa shape index (κ1) is 14.3. The van der Waals surface area contributed by atoms with Gasteiger partial charge in [-0.3, -0.25) is 0 Å². The highest BCUT2D eigenvalue weighted by Crippen LogP contribution is 2.24. The summed E-state index contributed by atoms with van der Waals surface area (Å²) in [6, 6.07) is 13.2. The quantitative estimate of drug-likeness (QED) is 0.523. The van der Waals surface area contributed by atoms with Gasteiger partial charge in [0.25, 0.3) is 5.89 Å². The molecular formula is C18H11FN2O3. The van der Waals surface area contributed by atoms with Gasteiger partial charge in [-0.05, 0) is 37.3 Å². The third-order valence-electron chi connectivity index (χ3n) is 3.66. The van der Waals surface area contributed by atoms with Gasteiger partial charge in [-0.15, -0.1) is 0 Å². The number of fused-ring (bicyclic) bond motifs is 1. The van der Waals surface area contributed by atoms with Gasteiger partial charge < -0.3 is 8.94 Å². The Morgan fingerprint density at radius 3 is 2.71 bits per heavy atom. The second-order valence-corrected chi connectivity index (χ2v) is 5.39. The Morgan fingerprint density at radius 1 is 1.04 bits per heavy atom. The van der Waals surface area contributed by atoms with Gasteiger partial charge in [0.05, 0.1) is 5.56 Å². The maximum atomic E-state index is 13.8. The van der Waals surface area contributed by atoms with E-state index < -0.39 is 11.4 Å². The summed E-state index contributed by atoms with van der Waals surface area (Å²) < 4.78 is 24.2. The molecular weight excluding hydrogens is 311 g/mol. The molecule has 0 saturated carbocycles. The van der Waals surface area contributed by atoms with E-state index in [1.807, 2.05) is 19.1 Å². The number of benzene rings is 2. The van der Waals surface area contributed by atoms with E-state index in [1.54, 1.807) is 24.3 Å². The summed E-state index contributed by atoms with van der Waals surface area (Å²) in [5.41, 5.74) is 1.26. The van der Waals surface area contributed by atoms with E-state index in [0.717, 1.165) is 10.9 Å². The minimum absolute atomic E-state index is 0.00888. The van der Waals surface area contributed by atoms with E-state index in [4.69, 9.17) is 8.94 Å². The summed E-state index contributed by atoms with van der Waals surface area (Å²) in [6.45, 7) is 1.94.